The molecule has 1 unspecified atom stereocenters. The van der Waals surface area contributed by atoms with Gasteiger partial charge in [0.2, 0.25) is 0 Å². The first-order valence-corrected chi connectivity index (χ1v) is 6.38. The van der Waals surface area contributed by atoms with Crippen molar-refractivity contribution in [1.82, 2.24) is 4.90 Å². The van der Waals surface area contributed by atoms with Crippen LogP contribution >= 0.6 is 0 Å². The Morgan fingerprint density at radius 3 is 2.30 bits per heavy atom. The largest absolute Gasteiger partial charge is 0.481 e. The number of urea groups is 1. The summed E-state index contributed by atoms with van der Waals surface area (Å²) in [5.74, 6) is -1.32. The smallest absolute Gasteiger partial charge is 0.324 e. The van der Waals surface area contributed by atoms with Crippen LogP contribution in [0.1, 0.15) is 20.3 Å². The van der Waals surface area contributed by atoms with Crippen LogP contribution in [0.25, 0.3) is 0 Å². The Morgan fingerprint density at radius 2 is 1.85 bits per heavy atom. The average Bonchev–Trinajstić information content (AvgIpc) is 2.38. The van der Waals surface area contributed by atoms with Crippen molar-refractivity contribution in [3.05, 3.63) is 30.1 Å². The number of amides is 2. The van der Waals surface area contributed by atoms with Crippen molar-refractivity contribution in [2.45, 2.75) is 26.3 Å². The number of aliphatic carboxylic acids is 1. The third-order valence-electron chi connectivity index (χ3n) is 3.09. The van der Waals surface area contributed by atoms with Crippen molar-refractivity contribution < 1.29 is 19.1 Å². The van der Waals surface area contributed by atoms with Crippen LogP contribution in [0, 0.1) is 5.82 Å². The molecule has 0 saturated carbocycles. The highest BCUT2D eigenvalue weighted by Crippen LogP contribution is 2.16. The van der Waals surface area contributed by atoms with Crippen LogP contribution in [0.3, 0.4) is 0 Å². The van der Waals surface area contributed by atoms with E-state index in [2.05, 4.69) is 0 Å². The number of anilines is 1. The molecule has 0 aliphatic rings. The lowest BCUT2D eigenvalue weighted by Crippen LogP contribution is -2.46. The van der Waals surface area contributed by atoms with E-state index in [4.69, 9.17) is 5.11 Å². The summed E-state index contributed by atoms with van der Waals surface area (Å²) in [6.45, 7) is 3.88. The highest BCUT2D eigenvalue weighted by atomic mass is 19.1. The zero-order valence-corrected chi connectivity index (χ0v) is 11.8. The summed E-state index contributed by atoms with van der Waals surface area (Å²) >= 11 is 0. The number of rotatable bonds is 5. The number of benzene rings is 1. The van der Waals surface area contributed by atoms with Gasteiger partial charge in [-0.3, -0.25) is 9.69 Å². The standard InChI is InChI=1S/C14H19FN2O3/c1-4-17(10(2)9-13(18)19)14(20)16(3)12-7-5-11(15)6-8-12/h5-8,10H,4,9H2,1-3H3,(H,18,19). The zero-order chi connectivity index (χ0) is 15.3. The lowest BCUT2D eigenvalue weighted by atomic mass is 10.2. The molecule has 20 heavy (non-hydrogen) atoms. The molecule has 1 atom stereocenters. The first-order chi connectivity index (χ1) is 9.36. The molecule has 0 radical (unpaired) electrons. The molecule has 0 aliphatic heterocycles. The summed E-state index contributed by atoms with van der Waals surface area (Å²) in [7, 11) is 1.58. The van der Waals surface area contributed by atoms with E-state index in [-0.39, 0.29) is 18.3 Å². The second kappa shape index (κ2) is 6.88. The monoisotopic (exact) mass is 282 g/mol. The quantitative estimate of drug-likeness (QED) is 0.903. The SMILES string of the molecule is CCN(C(=O)N(C)c1ccc(F)cc1)C(C)CC(=O)O. The van der Waals surface area contributed by atoms with Crippen LogP contribution in [-0.4, -0.2) is 41.6 Å². The highest BCUT2D eigenvalue weighted by molar-refractivity contribution is 5.91. The normalized spacial score (nSPS) is 11.8. The van der Waals surface area contributed by atoms with Crippen molar-refractivity contribution in [3.63, 3.8) is 0 Å². The van der Waals surface area contributed by atoms with Gasteiger partial charge >= 0.3 is 12.0 Å². The number of hydrogen-bond donors (Lipinski definition) is 1. The van der Waals surface area contributed by atoms with Gasteiger partial charge in [-0.25, -0.2) is 9.18 Å². The fourth-order valence-electron chi connectivity index (χ4n) is 1.97. The van der Waals surface area contributed by atoms with Gasteiger partial charge in [-0.15, -0.1) is 0 Å². The Labute approximate surface area is 117 Å². The van der Waals surface area contributed by atoms with Gasteiger partial charge in [-0.05, 0) is 38.1 Å². The van der Waals surface area contributed by atoms with Crippen LogP contribution < -0.4 is 4.90 Å². The molecule has 1 aromatic carbocycles. The highest BCUT2D eigenvalue weighted by Gasteiger charge is 2.24. The van der Waals surface area contributed by atoms with Gasteiger partial charge in [0.05, 0.1) is 6.42 Å². The lowest BCUT2D eigenvalue weighted by molar-refractivity contribution is -0.138. The van der Waals surface area contributed by atoms with Crippen LogP contribution in [0.4, 0.5) is 14.9 Å². The molecule has 1 N–H and O–H groups in total. The van der Waals surface area contributed by atoms with Crippen molar-refractivity contribution in [1.29, 1.82) is 0 Å². The molecule has 0 heterocycles. The minimum Gasteiger partial charge on any atom is -0.481 e. The molecule has 110 valence electrons. The van der Waals surface area contributed by atoms with Crippen LogP contribution in [0.15, 0.2) is 24.3 Å². The van der Waals surface area contributed by atoms with Crippen molar-refractivity contribution in [2.75, 3.05) is 18.5 Å². The van der Waals surface area contributed by atoms with Crippen LogP contribution in [-0.2, 0) is 4.79 Å². The minimum absolute atomic E-state index is 0.114. The van der Waals surface area contributed by atoms with Gasteiger partial charge in [-0.1, -0.05) is 0 Å². The van der Waals surface area contributed by atoms with Gasteiger partial charge in [0.15, 0.2) is 0 Å². The van der Waals surface area contributed by atoms with E-state index >= 15 is 0 Å². The number of halogens is 1. The van der Waals surface area contributed by atoms with E-state index in [0.717, 1.165) is 0 Å². The molecule has 1 rings (SSSR count). The third-order valence-corrected chi connectivity index (χ3v) is 3.09. The number of carbonyl (C=O) groups excluding carboxylic acids is 1. The Bertz CT molecular complexity index is 476. The number of hydrogen-bond acceptors (Lipinski definition) is 2. The average molecular weight is 282 g/mol. The van der Waals surface area contributed by atoms with E-state index in [9.17, 15) is 14.0 Å². The first kappa shape index (κ1) is 15.9. The molecule has 0 bridgehead atoms. The molecule has 5 nitrogen and oxygen atoms in total. The van der Waals surface area contributed by atoms with E-state index in [1.165, 1.54) is 34.1 Å². The Hall–Kier alpha value is -2.11. The minimum atomic E-state index is -0.951. The molecule has 0 aromatic heterocycles. The zero-order valence-electron chi connectivity index (χ0n) is 11.8. The predicted molar refractivity (Wildman–Crippen MR) is 74.3 cm³/mol. The first-order valence-electron chi connectivity index (χ1n) is 6.38. The van der Waals surface area contributed by atoms with Crippen LogP contribution in [0.5, 0.6) is 0 Å². The Morgan fingerprint density at radius 1 is 1.30 bits per heavy atom. The summed E-state index contributed by atoms with van der Waals surface area (Å²) < 4.78 is 12.9. The van der Waals surface area contributed by atoms with Crippen molar-refractivity contribution in [2.24, 2.45) is 0 Å². The number of carbonyl (C=O) groups is 2. The molecular weight excluding hydrogens is 263 g/mol. The third kappa shape index (κ3) is 3.94. The van der Waals surface area contributed by atoms with E-state index in [0.29, 0.717) is 12.2 Å². The number of carboxylic acids is 1. The molecule has 6 heteroatoms. The van der Waals surface area contributed by atoms with E-state index in [1.54, 1.807) is 20.9 Å². The molecule has 0 aliphatic carbocycles. The maximum Gasteiger partial charge on any atom is 0.324 e. The lowest BCUT2D eigenvalue weighted by Gasteiger charge is -2.31. The maximum atomic E-state index is 12.9. The van der Waals surface area contributed by atoms with Gasteiger partial charge in [0, 0.05) is 25.3 Å². The van der Waals surface area contributed by atoms with Gasteiger partial charge in [0.25, 0.3) is 0 Å². The molecule has 0 fully saturated rings. The summed E-state index contributed by atoms with van der Waals surface area (Å²) in [6, 6.07) is 4.83. The fourth-order valence-corrected chi connectivity index (χ4v) is 1.97. The summed E-state index contributed by atoms with van der Waals surface area (Å²) in [6.07, 6.45) is -0.114. The topological polar surface area (TPSA) is 60.9 Å². The van der Waals surface area contributed by atoms with Crippen molar-refractivity contribution >= 4 is 17.7 Å². The van der Waals surface area contributed by atoms with Gasteiger partial charge in [0.1, 0.15) is 5.82 Å². The van der Waals surface area contributed by atoms with Gasteiger partial charge in [-0.2, -0.15) is 0 Å². The molecule has 0 saturated heterocycles. The van der Waals surface area contributed by atoms with Crippen molar-refractivity contribution in [3.8, 4) is 0 Å². The Kier molecular flexibility index (Phi) is 5.49. The molecule has 1 aromatic rings. The second-order valence-electron chi connectivity index (χ2n) is 4.55. The molecule has 2 amide bonds. The van der Waals surface area contributed by atoms with E-state index < -0.39 is 12.0 Å². The Balaban J connectivity index is 2.84. The maximum absolute atomic E-state index is 12.9. The molecular formula is C14H19FN2O3. The summed E-state index contributed by atoms with van der Waals surface area (Å²) in [4.78, 5) is 25.9. The number of nitrogens with zero attached hydrogens (tertiary/aromatic N) is 2. The molecule has 0 spiro atoms. The van der Waals surface area contributed by atoms with Gasteiger partial charge < -0.3 is 10.0 Å². The fraction of sp³-hybridized carbons (Fsp3) is 0.429. The number of carboxylic acid groups (broad SMARTS) is 1. The second-order valence-corrected chi connectivity index (χ2v) is 4.55. The van der Waals surface area contributed by atoms with Crippen LogP contribution in [0.2, 0.25) is 0 Å². The summed E-state index contributed by atoms with van der Waals surface area (Å²) in [5.41, 5.74) is 0.553. The van der Waals surface area contributed by atoms with E-state index in [1.807, 2.05) is 0 Å². The predicted octanol–water partition coefficient (Wildman–Crippen LogP) is 2.57. The summed E-state index contributed by atoms with van der Waals surface area (Å²) in [5, 5.41) is 8.80.